The third kappa shape index (κ3) is 3.48. The molecular weight excluding hydrogens is 314 g/mol. The van der Waals surface area contributed by atoms with Crippen LogP contribution in [-0.4, -0.2) is 5.91 Å². The standard InChI is InChI=1S/C17H18BrNO/c1-3-13-6-4-5-7-15(13)11-19-17(20)14-8-9-16(18)12(2)10-14/h4-10H,3,11H2,1-2H3,(H,19,20). The molecule has 2 aromatic carbocycles. The Morgan fingerprint density at radius 2 is 1.85 bits per heavy atom. The minimum absolute atomic E-state index is 0.0356. The predicted molar refractivity (Wildman–Crippen MR) is 85.9 cm³/mol. The minimum Gasteiger partial charge on any atom is -0.348 e. The maximum Gasteiger partial charge on any atom is 0.251 e. The summed E-state index contributed by atoms with van der Waals surface area (Å²) in [6.07, 6.45) is 0.976. The maximum absolute atomic E-state index is 12.2. The summed E-state index contributed by atoms with van der Waals surface area (Å²) in [5.74, 6) is -0.0356. The van der Waals surface area contributed by atoms with Crippen molar-refractivity contribution in [3.05, 3.63) is 69.2 Å². The molecule has 0 aromatic heterocycles. The third-order valence-electron chi connectivity index (χ3n) is 3.36. The van der Waals surface area contributed by atoms with Gasteiger partial charge in [-0.15, -0.1) is 0 Å². The van der Waals surface area contributed by atoms with Crippen LogP contribution in [0.25, 0.3) is 0 Å². The van der Waals surface area contributed by atoms with Gasteiger partial charge in [-0.05, 0) is 48.2 Å². The highest BCUT2D eigenvalue weighted by Crippen LogP contribution is 2.17. The molecule has 2 aromatic rings. The van der Waals surface area contributed by atoms with Crippen LogP contribution in [0.2, 0.25) is 0 Å². The van der Waals surface area contributed by atoms with E-state index in [9.17, 15) is 4.79 Å². The summed E-state index contributed by atoms with van der Waals surface area (Å²) >= 11 is 3.44. The van der Waals surface area contributed by atoms with Crippen LogP contribution in [0.3, 0.4) is 0 Å². The summed E-state index contributed by atoms with van der Waals surface area (Å²) in [5, 5.41) is 2.98. The summed E-state index contributed by atoms with van der Waals surface area (Å²) < 4.78 is 1.02. The van der Waals surface area contributed by atoms with E-state index in [-0.39, 0.29) is 5.91 Å². The number of rotatable bonds is 4. The lowest BCUT2D eigenvalue weighted by molar-refractivity contribution is 0.0950. The summed E-state index contributed by atoms with van der Waals surface area (Å²) in [7, 11) is 0. The number of aryl methyl sites for hydroxylation is 2. The maximum atomic E-state index is 12.2. The van der Waals surface area contributed by atoms with Gasteiger partial charge in [-0.1, -0.05) is 47.1 Å². The number of hydrogen-bond acceptors (Lipinski definition) is 1. The molecule has 1 N–H and O–H groups in total. The lowest BCUT2D eigenvalue weighted by Crippen LogP contribution is -2.23. The summed E-state index contributed by atoms with van der Waals surface area (Å²) in [5.41, 5.74) is 4.21. The molecule has 0 heterocycles. The van der Waals surface area contributed by atoms with Crippen LogP contribution >= 0.6 is 15.9 Å². The van der Waals surface area contributed by atoms with Gasteiger partial charge in [-0.2, -0.15) is 0 Å². The van der Waals surface area contributed by atoms with Crippen molar-refractivity contribution >= 4 is 21.8 Å². The van der Waals surface area contributed by atoms with E-state index in [0.29, 0.717) is 12.1 Å². The van der Waals surface area contributed by atoms with Crippen LogP contribution in [0.4, 0.5) is 0 Å². The zero-order valence-electron chi connectivity index (χ0n) is 11.7. The highest BCUT2D eigenvalue weighted by Gasteiger charge is 2.07. The topological polar surface area (TPSA) is 29.1 Å². The van der Waals surface area contributed by atoms with Crippen molar-refractivity contribution in [2.75, 3.05) is 0 Å². The van der Waals surface area contributed by atoms with Crippen LogP contribution in [0, 0.1) is 6.92 Å². The van der Waals surface area contributed by atoms with E-state index in [1.165, 1.54) is 11.1 Å². The van der Waals surface area contributed by atoms with Crippen LogP contribution in [0.1, 0.15) is 34.0 Å². The molecule has 3 heteroatoms. The zero-order chi connectivity index (χ0) is 14.5. The largest absolute Gasteiger partial charge is 0.348 e. The average molecular weight is 332 g/mol. The van der Waals surface area contributed by atoms with Gasteiger partial charge in [0.15, 0.2) is 0 Å². The van der Waals surface area contributed by atoms with Gasteiger partial charge < -0.3 is 5.32 Å². The first-order valence-electron chi connectivity index (χ1n) is 6.73. The fourth-order valence-corrected chi connectivity index (χ4v) is 2.38. The molecule has 0 aliphatic rings. The predicted octanol–water partition coefficient (Wildman–Crippen LogP) is 4.25. The molecule has 1 amide bonds. The fraction of sp³-hybridized carbons (Fsp3) is 0.235. The molecule has 0 aliphatic carbocycles. The van der Waals surface area contributed by atoms with E-state index < -0.39 is 0 Å². The number of hydrogen-bond donors (Lipinski definition) is 1. The van der Waals surface area contributed by atoms with E-state index >= 15 is 0 Å². The van der Waals surface area contributed by atoms with Crippen molar-refractivity contribution < 1.29 is 4.79 Å². The number of halogens is 1. The zero-order valence-corrected chi connectivity index (χ0v) is 13.3. The second-order valence-electron chi connectivity index (χ2n) is 4.77. The van der Waals surface area contributed by atoms with Crippen molar-refractivity contribution in [3.8, 4) is 0 Å². The normalized spacial score (nSPS) is 10.3. The Kier molecular flexibility index (Phi) is 4.96. The molecule has 0 spiro atoms. The SMILES string of the molecule is CCc1ccccc1CNC(=O)c1ccc(Br)c(C)c1. The van der Waals surface area contributed by atoms with Crippen molar-refractivity contribution in [3.63, 3.8) is 0 Å². The summed E-state index contributed by atoms with van der Waals surface area (Å²) in [6, 6.07) is 13.8. The first kappa shape index (κ1) is 14.8. The molecule has 0 saturated carbocycles. The Bertz CT molecular complexity index is 622. The minimum atomic E-state index is -0.0356. The van der Waals surface area contributed by atoms with E-state index in [1.807, 2.05) is 37.3 Å². The Balaban J connectivity index is 2.06. The van der Waals surface area contributed by atoms with Gasteiger partial charge in [0.05, 0.1) is 0 Å². The first-order chi connectivity index (χ1) is 9.61. The number of amides is 1. The van der Waals surface area contributed by atoms with Crippen LogP contribution in [-0.2, 0) is 13.0 Å². The molecule has 0 bridgehead atoms. The molecule has 0 unspecified atom stereocenters. The highest BCUT2D eigenvalue weighted by atomic mass is 79.9. The number of nitrogens with one attached hydrogen (secondary N) is 1. The first-order valence-corrected chi connectivity index (χ1v) is 7.52. The molecule has 0 radical (unpaired) electrons. The molecular formula is C17H18BrNO. The van der Waals surface area contributed by atoms with Gasteiger partial charge in [-0.25, -0.2) is 0 Å². The van der Waals surface area contributed by atoms with E-state index in [1.54, 1.807) is 0 Å². The van der Waals surface area contributed by atoms with Crippen LogP contribution < -0.4 is 5.32 Å². The molecule has 2 rings (SSSR count). The van der Waals surface area contributed by atoms with E-state index in [0.717, 1.165) is 16.5 Å². The van der Waals surface area contributed by atoms with Gasteiger partial charge in [0, 0.05) is 16.6 Å². The van der Waals surface area contributed by atoms with Crippen molar-refractivity contribution in [1.29, 1.82) is 0 Å². The van der Waals surface area contributed by atoms with Crippen molar-refractivity contribution in [2.24, 2.45) is 0 Å². The lowest BCUT2D eigenvalue weighted by Gasteiger charge is -2.10. The Labute approximate surface area is 128 Å². The second-order valence-corrected chi connectivity index (χ2v) is 5.62. The monoisotopic (exact) mass is 331 g/mol. The molecule has 20 heavy (non-hydrogen) atoms. The Morgan fingerprint density at radius 3 is 2.50 bits per heavy atom. The van der Waals surface area contributed by atoms with Crippen LogP contribution in [0.15, 0.2) is 46.9 Å². The van der Waals surface area contributed by atoms with Gasteiger partial charge in [0.25, 0.3) is 5.91 Å². The number of carbonyl (C=O) groups excluding carboxylic acids is 1. The number of benzene rings is 2. The average Bonchev–Trinajstić information content (AvgIpc) is 2.47. The molecule has 0 saturated heterocycles. The second kappa shape index (κ2) is 6.71. The van der Waals surface area contributed by atoms with Gasteiger partial charge >= 0.3 is 0 Å². The molecule has 2 nitrogen and oxygen atoms in total. The molecule has 0 fully saturated rings. The fourth-order valence-electron chi connectivity index (χ4n) is 2.14. The Hall–Kier alpha value is -1.61. The quantitative estimate of drug-likeness (QED) is 0.891. The van der Waals surface area contributed by atoms with Crippen molar-refractivity contribution in [1.82, 2.24) is 5.32 Å². The van der Waals surface area contributed by atoms with Gasteiger partial charge in [-0.3, -0.25) is 4.79 Å². The molecule has 0 atom stereocenters. The van der Waals surface area contributed by atoms with E-state index in [4.69, 9.17) is 0 Å². The summed E-state index contributed by atoms with van der Waals surface area (Å²) in [6.45, 7) is 4.67. The van der Waals surface area contributed by atoms with Gasteiger partial charge in [0.1, 0.15) is 0 Å². The molecule has 104 valence electrons. The van der Waals surface area contributed by atoms with Gasteiger partial charge in [0.2, 0.25) is 0 Å². The van der Waals surface area contributed by atoms with Crippen molar-refractivity contribution in [2.45, 2.75) is 26.8 Å². The van der Waals surface area contributed by atoms with Crippen LogP contribution in [0.5, 0.6) is 0 Å². The third-order valence-corrected chi connectivity index (χ3v) is 4.25. The summed E-state index contributed by atoms with van der Waals surface area (Å²) in [4.78, 5) is 12.2. The Morgan fingerprint density at radius 1 is 1.15 bits per heavy atom. The molecule has 0 aliphatic heterocycles. The number of carbonyl (C=O) groups is 1. The smallest absolute Gasteiger partial charge is 0.251 e. The lowest BCUT2D eigenvalue weighted by atomic mass is 10.1. The van der Waals surface area contributed by atoms with E-state index in [2.05, 4.69) is 40.3 Å². The highest BCUT2D eigenvalue weighted by molar-refractivity contribution is 9.10.